The zero-order chi connectivity index (χ0) is 15.6. The summed E-state index contributed by atoms with van der Waals surface area (Å²) in [4.78, 5) is 4.76. The van der Waals surface area contributed by atoms with E-state index in [1.807, 2.05) is 11.8 Å². The second kappa shape index (κ2) is 9.78. The van der Waals surface area contributed by atoms with Gasteiger partial charge < -0.3 is 10.6 Å². The van der Waals surface area contributed by atoms with E-state index in [1.54, 1.807) is 0 Å². The number of thioether (sulfide) groups is 1. The van der Waals surface area contributed by atoms with Gasteiger partial charge in [0.05, 0.1) is 0 Å². The first-order valence-corrected chi connectivity index (χ1v) is 9.80. The Kier molecular flexibility index (Phi) is 7.64. The second-order valence-electron chi connectivity index (χ2n) is 5.86. The van der Waals surface area contributed by atoms with E-state index >= 15 is 0 Å². The van der Waals surface area contributed by atoms with Gasteiger partial charge in [0.15, 0.2) is 5.96 Å². The first-order chi connectivity index (χ1) is 10.8. The second-order valence-corrected chi connectivity index (χ2v) is 6.84. The monoisotopic (exact) mass is 319 g/mol. The molecule has 1 aromatic carbocycles. The molecule has 1 fully saturated rings. The van der Waals surface area contributed by atoms with Gasteiger partial charge in [-0.2, -0.15) is 11.8 Å². The van der Waals surface area contributed by atoms with Crippen LogP contribution in [0.1, 0.15) is 37.7 Å². The number of nitrogens with one attached hydrogen (secondary N) is 2. The summed E-state index contributed by atoms with van der Waals surface area (Å²) in [5.41, 5.74) is 1.47. The molecule has 2 unspecified atom stereocenters. The molecule has 1 aliphatic rings. The fourth-order valence-corrected chi connectivity index (χ4v) is 3.18. The van der Waals surface area contributed by atoms with Crippen LogP contribution in [0.15, 0.2) is 35.3 Å². The van der Waals surface area contributed by atoms with Gasteiger partial charge >= 0.3 is 0 Å². The lowest BCUT2D eigenvalue weighted by Gasteiger charge is -2.11. The Balaban J connectivity index is 1.72. The normalized spacial score (nSPS) is 20.7. The van der Waals surface area contributed by atoms with Crippen molar-refractivity contribution in [3.05, 3.63) is 35.9 Å². The first-order valence-electron chi connectivity index (χ1n) is 8.41. The molecule has 0 aliphatic heterocycles. The number of hydrogen-bond donors (Lipinski definition) is 2. The number of rotatable bonds is 9. The minimum absolute atomic E-state index is 0.717. The summed E-state index contributed by atoms with van der Waals surface area (Å²) in [6, 6.07) is 10.8. The molecule has 0 heterocycles. The molecular weight excluding hydrogens is 290 g/mol. The lowest BCUT2D eigenvalue weighted by atomic mass is 10.1. The Morgan fingerprint density at radius 2 is 2.05 bits per heavy atom. The van der Waals surface area contributed by atoms with E-state index in [0.29, 0.717) is 5.92 Å². The highest BCUT2D eigenvalue weighted by Gasteiger charge is 2.37. The molecule has 0 saturated heterocycles. The van der Waals surface area contributed by atoms with Gasteiger partial charge in [-0.25, -0.2) is 0 Å². The zero-order valence-electron chi connectivity index (χ0n) is 13.8. The van der Waals surface area contributed by atoms with Crippen LogP contribution < -0.4 is 10.6 Å². The molecule has 22 heavy (non-hydrogen) atoms. The third-order valence-corrected chi connectivity index (χ3v) is 4.74. The third-order valence-electron chi connectivity index (χ3n) is 4.05. The Hall–Kier alpha value is -1.16. The van der Waals surface area contributed by atoms with Crippen molar-refractivity contribution in [1.82, 2.24) is 10.6 Å². The highest BCUT2D eigenvalue weighted by Crippen LogP contribution is 2.47. The molecule has 1 aromatic rings. The maximum absolute atomic E-state index is 4.76. The smallest absolute Gasteiger partial charge is 0.191 e. The molecule has 0 spiro atoms. The van der Waals surface area contributed by atoms with Crippen LogP contribution in [-0.4, -0.2) is 37.6 Å². The average molecular weight is 320 g/mol. The van der Waals surface area contributed by atoms with Crippen LogP contribution in [0.5, 0.6) is 0 Å². The number of guanidine groups is 1. The van der Waals surface area contributed by atoms with Gasteiger partial charge in [0.2, 0.25) is 0 Å². The van der Waals surface area contributed by atoms with Crippen LogP contribution in [0, 0.1) is 5.92 Å². The maximum Gasteiger partial charge on any atom is 0.191 e. The number of hydrogen-bond acceptors (Lipinski definition) is 2. The molecule has 1 aliphatic carbocycles. The van der Waals surface area contributed by atoms with Crippen LogP contribution in [-0.2, 0) is 0 Å². The standard InChI is InChI=1S/C18H29N3S/c1-3-19-18(20-11-7-8-12-22-2)21-14-16-13-17(16)15-9-5-4-6-10-15/h4-6,9-10,16-17H,3,7-8,11-14H2,1-2H3,(H2,19,20,21). The molecule has 0 amide bonds. The van der Waals surface area contributed by atoms with E-state index < -0.39 is 0 Å². The largest absolute Gasteiger partial charge is 0.357 e. The number of benzene rings is 1. The molecule has 122 valence electrons. The van der Waals surface area contributed by atoms with Crippen molar-refractivity contribution < 1.29 is 0 Å². The summed E-state index contributed by atoms with van der Waals surface area (Å²) in [6.45, 7) is 4.98. The fourth-order valence-electron chi connectivity index (χ4n) is 2.69. The van der Waals surface area contributed by atoms with E-state index in [0.717, 1.165) is 31.5 Å². The van der Waals surface area contributed by atoms with Gasteiger partial charge in [0.25, 0.3) is 0 Å². The topological polar surface area (TPSA) is 36.4 Å². The van der Waals surface area contributed by atoms with Crippen molar-refractivity contribution in [2.45, 2.75) is 32.1 Å². The summed E-state index contributed by atoms with van der Waals surface area (Å²) < 4.78 is 0. The number of nitrogens with zero attached hydrogens (tertiary/aromatic N) is 1. The van der Waals surface area contributed by atoms with Gasteiger partial charge in [-0.05, 0) is 55.6 Å². The number of aliphatic imine (C=N–C) groups is 1. The lowest BCUT2D eigenvalue weighted by molar-refractivity contribution is 0.725. The average Bonchev–Trinajstić information content (AvgIpc) is 3.33. The molecule has 0 aromatic heterocycles. The quantitative estimate of drug-likeness (QED) is 0.415. The summed E-state index contributed by atoms with van der Waals surface area (Å²) >= 11 is 1.92. The lowest BCUT2D eigenvalue weighted by Crippen LogP contribution is -2.38. The number of unbranched alkanes of at least 4 members (excludes halogenated alkanes) is 1. The molecule has 4 heteroatoms. The van der Waals surface area contributed by atoms with Crippen LogP contribution in [0.4, 0.5) is 0 Å². The fraction of sp³-hybridized carbons (Fsp3) is 0.611. The Labute approximate surface area is 139 Å². The molecule has 0 radical (unpaired) electrons. The van der Waals surface area contributed by atoms with Crippen molar-refractivity contribution in [2.24, 2.45) is 10.9 Å². The van der Waals surface area contributed by atoms with Crippen LogP contribution >= 0.6 is 11.8 Å². The van der Waals surface area contributed by atoms with Gasteiger partial charge in [0, 0.05) is 19.6 Å². The Morgan fingerprint density at radius 1 is 1.23 bits per heavy atom. The zero-order valence-corrected chi connectivity index (χ0v) is 14.7. The summed E-state index contributed by atoms with van der Waals surface area (Å²) in [5, 5.41) is 6.79. The Morgan fingerprint density at radius 3 is 2.77 bits per heavy atom. The molecule has 3 nitrogen and oxygen atoms in total. The van der Waals surface area contributed by atoms with Crippen molar-refractivity contribution in [1.29, 1.82) is 0 Å². The van der Waals surface area contributed by atoms with E-state index in [2.05, 4.69) is 54.1 Å². The molecule has 2 N–H and O–H groups in total. The van der Waals surface area contributed by atoms with Crippen LogP contribution in [0.2, 0.25) is 0 Å². The van der Waals surface area contributed by atoms with Gasteiger partial charge in [0.1, 0.15) is 0 Å². The molecule has 2 atom stereocenters. The third kappa shape index (κ3) is 5.91. The van der Waals surface area contributed by atoms with Crippen molar-refractivity contribution in [2.75, 3.05) is 31.6 Å². The summed E-state index contributed by atoms with van der Waals surface area (Å²) in [6.07, 6.45) is 5.92. The molecule has 0 bridgehead atoms. The van der Waals surface area contributed by atoms with Crippen LogP contribution in [0.3, 0.4) is 0 Å². The van der Waals surface area contributed by atoms with E-state index in [4.69, 9.17) is 4.99 Å². The van der Waals surface area contributed by atoms with E-state index in [1.165, 1.54) is 30.6 Å². The first kappa shape index (κ1) is 17.2. The van der Waals surface area contributed by atoms with Crippen molar-refractivity contribution in [3.63, 3.8) is 0 Å². The van der Waals surface area contributed by atoms with Gasteiger partial charge in [-0.1, -0.05) is 30.3 Å². The van der Waals surface area contributed by atoms with Gasteiger partial charge in [-0.3, -0.25) is 4.99 Å². The van der Waals surface area contributed by atoms with Crippen LogP contribution in [0.25, 0.3) is 0 Å². The predicted octanol–water partition coefficient (Wildman–Crippen LogP) is 3.49. The van der Waals surface area contributed by atoms with E-state index in [-0.39, 0.29) is 0 Å². The Bertz CT molecular complexity index is 447. The molecular formula is C18H29N3S. The molecule has 1 saturated carbocycles. The summed E-state index contributed by atoms with van der Waals surface area (Å²) in [5.74, 6) is 3.66. The van der Waals surface area contributed by atoms with Crippen molar-refractivity contribution >= 4 is 17.7 Å². The summed E-state index contributed by atoms with van der Waals surface area (Å²) in [7, 11) is 0. The van der Waals surface area contributed by atoms with Crippen molar-refractivity contribution in [3.8, 4) is 0 Å². The SMILES string of the molecule is CCNC(=NCC1CC1c1ccccc1)NCCCCSC. The minimum atomic E-state index is 0.717. The minimum Gasteiger partial charge on any atom is -0.357 e. The van der Waals surface area contributed by atoms with Gasteiger partial charge in [-0.15, -0.1) is 0 Å². The van der Waals surface area contributed by atoms with E-state index in [9.17, 15) is 0 Å². The predicted molar refractivity (Wildman–Crippen MR) is 98.9 cm³/mol. The highest BCUT2D eigenvalue weighted by atomic mass is 32.2. The maximum atomic E-state index is 4.76. The molecule has 2 rings (SSSR count). The highest BCUT2D eigenvalue weighted by molar-refractivity contribution is 7.98.